The molecule has 0 radical (unpaired) electrons. The number of aliphatic hydroxyl groups excluding tert-OH is 1. The standard InChI is InChI=1S/C10H14BrNO/c1-10(2,12)9(13)7-3-5-8(11)6-4-7/h3-6,9,13H,12H2,1-2H3. The normalized spacial score (nSPS) is 14.2. The van der Waals surface area contributed by atoms with E-state index < -0.39 is 11.6 Å². The van der Waals surface area contributed by atoms with E-state index in [1.807, 2.05) is 24.3 Å². The van der Waals surface area contributed by atoms with E-state index >= 15 is 0 Å². The number of hydrogen-bond acceptors (Lipinski definition) is 2. The average molecular weight is 244 g/mol. The Morgan fingerprint density at radius 1 is 1.31 bits per heavy atom. The van der Waals surface area contributed by atoms with Crippen molar-refractivity contribution in [1.82, 2.24) is 0 Å². The summed E-state index contributed by atoms with van der Waals surface area (Å²) in [7, 11) is 0. The van der Waals surface area contributed by atoms with Gasteiger partial charge in [0.2, 0.25) is 0 Å². The van der Waals surface area contributed by atoms with Crippen LogP contribution in [-0.4, -0.2) is 10.6 Å². The van der Waals surface area contributed by atoms with Crippen LogP contribution in [0.15, 0.2) is 28.7 Å². The van der Waals surface area contributed by atoms with Gasteiger partial charge in [-0.1, -0.05) is 28.1 Å². The van der Waals surface area contributed by atoms with Gasteiger partial charge in [-0.15, -0.1) is 0 Å². The van der Waals surface area contributed by atoms with E-state index in [1.165, 1.54) is 0 Å². The van der Waals surface area contributed by atoms with Gasteiger partial charge in [0, 0.05) is 10.0 Å². The molecule has 1 aromatic rings. The maximum absolute atomic E-state index is 9.81. The Labute approximate surface area is 86.9 Å². The molecule has 0 saturated carbocycles. The van der Waals surface area contributed by atoms with Crippen LogP contribution in [-0.2, 0) is 0 Å². The minimum atomic E-state index is -0.624. The van der Waals surface area contributed by atoms with Crippen molar-refractivity contribution in [2.75, 3.05) is 0 Å². The molecule has 3 heteroatoms. The maximum atomic E-state index is 9.81. The van der Waals surface area contributed by atoms with Crippen molar-refractivity contribution in [2.45, 2.75) is 25.5 Å². The van der Waals surface area contributed by atoms with E-state index in [2.05, 4.69) is 15.9 Å². The first-order valence-electron chi connectivity index (χ1n) is 4.13. The molecule has 1 rings (SSSR count). The van der Waals surface area contributed by atoms with Crippen LogP contribution < -0.4 is 5.73 Å². The fraction of sp³-hybridized carbons (Fsp3) is 0.400. The smallest absolute Gasteiger partial charge is 0.0963 e. The lowest BCUT2D eigenvalue weighted by Gasteiger charge is -2.26. The fourth-order valence-electron chi connectivity index (χ4n) is 1.07. The van der Waals surface area contributed by atoms with Crippen molar-refractivity contribution in [2.24, 2.45) is 5.73 Å². The van der Waals surface area contributed by atoms with Gasteiger partial charge in [0.25, 0.3) is 0 Å². The highest BCUT2D eigenvalue weighted by Gasteiger charge is 2.23. The van der Waals surface area contributed by atoms with E-state index in [0.717, 1.165) is 10.0 Å². The van der Waals surface area contributed by atoms with Gasteiger partial charge in [-0.3, -0.25) is 0 Å². The van der Waals surface area contributed by atoms with Crippen LogP contribution in [0.4, 0.5) is 0 Å². The number of hydrogen-bond donors (Lipinski definition) is 2. The second-order valence-electron chi connectivity index (χ2n) is 3.78. The van der Waals surface area contributed by atoms with Crippen LogP contribution >= 0.6 is 15.9 Å². The van der Waals surface area contributed by atoms with Crippen molar-refractivity contribution in [3.8, 4) is 0 Å². The number of rotatable bonds is 2. The SMILES string of the molecule is CC(C)(N)C(O)c1ccc(Br)cc1. The molecule has 72 valence electrons. The third-order valence-corrected chi connectivity index (χ3v) is 2.42. The van der Waals surface area contributed by atoms with Gasteiger partial charge >= 0.3 is 0 Å². The largest absolute Gasteiger partial charge is 0.387 e. The molecule has 3 N–H and O–H groups in total. The number of aliphatic hydroxyl groups is 1. The molecular formula is C10H14BrNO. The van der Waals surface area contributed by atoms with Crippen LogP contribution in [0.1, 0.15) is 25.5 Å². The molecular weight excluding hydrogens is 230 g/mol. The highest BCUT2D eigenvalue weighted by Crippen LogP contribution is 2.24. The lowest BCUT2D eigenvalue weighted by Crippen LogP contribution is -2.39. The molecule has 0 spiro atoms. The van der Waals surface area contributed by atoms with Crippen LogP contribution in [0.5, 0.6) is 0 Å². The second-order valence-corrected chi connectivity index (χ2v) is 4.69. The molecule has 1 aromatic carbocycles. The molecule has 0 amide bonds. The summed E-state index contributed by atoms with van der Waals surface area (Å²) in [6.07, 6.45) is -0.624. The summed E-state index contributed by atoms with van der Waals surface area (Å²) in [4.78, 5) is 0. The minimum absolute atomic E-state index is 0.603. The third kappa shape index (κ3) is 2.79. The molecule has 13 heavy (non-hydrogen) atoms. The van der Waals surface area contributed by atoms with E-state index in [9.17, 15) is 5.11 Å². The molecule has 0 aliphatic heterocycles. The molecule has 0 aromatic heterocycles. The Morgan fingerprint density at radius 2 is 1.77 bits per heavy atom. The highest BCUT2D eigenvalue weighted by atomic mass is 79.9. The Balaban J connectivity index is 2.90. The minimum Gasteiger partial charge on any atom is -0.387 e. The first-order chi connectivity index (χ1) is 5.91. The predicted molar refractivity (Wildman–Crippen MR) is 57.4 cm³/mol. The molecule has 0 bridgehead atoms. The first kappa shape index (κ1) is 10.7. The summed E-state index contributed by atoms with van der Waals surface area (Å²) < 4.78 is 0.998. The van der Waals surface area contributed by atoms with E-state index in [-0.39, 0.29) is 0 Å². The summed E-state index contributed by atoms with van der Waals surface area (Å²) in [6.45, 7) is 3.61. The topological polar surface area (TPSA) is 46.2 Å². The zero-order valence-electron chi connectivity index (χ0n) is 7.79. The van der Waals surface area contributed by atoms with Gasteiger partial charge in [-0.05, 0) is 31.5 Å². The summed E-state index contributed by atoms with van der Waals surface area (Å²) in [5.74, 6) is 0. The lowest BCUT2D eigenvalue weighted by atomic mass is 9.93. The predicted octanol–water partition coefficient (Wildman–Crippen LogP) is 2.22. The highest BCUT2D eigenvalue weighted by molar-refractivity contribution is 9.10. The van der Waals surface area contributed by atoms with E-state index in [0.29, 0.717) is 0 Å². The van der Waals surface area contributed by atoms with Crippen molar-refractivity contribution in [1.29, 1.82) is 0 Å². The second kappa shape index (κ2) is 3.78. The maximum Gasteiger partial charge on any atom is 0.0963 e. The first-order valence-corrected chi connectivity index (χ1v) is 4.93. The molecule has 1 unspecified atom stereocenters. The molecule has 0 aliphatic carbocycles. The van der Waals surface area contributed by atoms with Crippen molar-refractivity contribution < 1.29 is 5.11 Å². The molecule has 0 fully saturated rings. The van der Waals surface area contributed by atoms with Crippen molar-refractivity contribution >= 4 is 15.9 Å². The Morgan fingerprint density at radius 3 is 2.15 bits per heavy atom. The van der Waals surface area contributed by atoms with Gasteiger partial charge in [0.1, 0.15) is 0 Å². The summed E-state index contributed by atoms with van der Waals surface area (Å²) >= 11 is 3.33. The molecule has 0 aliphatic rings. The lowest BCUT2D eigenvalue weighted by molar-refractivity contribution is 0.104. The molecule has 0 saturated heterocycles. The molecule has 0 heterocycles. The third-order valence-electron chi connectivity index (χ3n) is 1.89. The fourth-order valence-corrected chi connectivity index (χ4v) is 1.34. The van der Waals surface area contributed by atoms with Gasteiger partial charge in [-0.25, -0.2) is 0 Å². The molecule has 2 nitrogen and oxygen atoms in total. The zero-order chi connectivity index (χ0) is 10.1. The Bertz CT molecular complexity index is 276. The Kier molecular flexibility index (Phi) is 3.11. The van der Waals surface area contributed by atoms with Crippen molar-refractivity contribution in [3.05, 3.63) is 34.3 Å². The van der Waals surface area contributed by atoms with E-state index in [4.69, 9.17) is 5.73 Å². The summed E-state index contributed by atoms with van der Waals surface area (Å²) in [5.41, 5.74) is 6.03. The number of benzene rings is 1. The van der Waals surface area contributed by atoms with Crippen LogP contribution in [0.2, 0.25) is 0 Å². The summed E-state index contributed by atoms with van der Waals surface area (Å²) in [5, 5.41) is 9.81. The zero-order valence-corrected chi connectivity index (χ0v) is 9.38. The van der Waals surface area contributed by atoms with E-state index in [1.54, 1.807) is 13.8 Å². The summed E-state index contributed by atoms with van der Waals surface area (Å²) in [6, 6.07) is 7.52. The van der Waals surface area contributed by atoms with Gasteiger partial charge < -0.3 is 10.8 Å². The van der Waals surface area contributed by atoms with Crippen LogP contribution in [0.3, 0.4) is 0 Å². The van der Waals surface area contributed by atoms with Gasteiger partial charge in [-0.2, -0.15) is 0 Å². The number of halogens is 1. The van der Waals surface area contributed by atoms with Crippen LogP contribution in [0, 0.1) is 0 Å². The van der Waals surface area contributed by atoms with Crippen LogP contribution in [0.25, 0.3) is 0 Å². The van der Waals surface area contributed by atoms with Crippen molar-refractivity contribution in [3.63, 3.8) is 0 Å². The average Bonchev–Trinajstić information content (AvgIpc) is 2.03. The Hall–Kier alpha value is -0.380. The quantitative estimate of drug-likeness (QED) is 0.837. The van der Waals surface area contributed by atoms with Gasteiger partial charge in [0.15, 0.2) is 0 Å². The van der Waals surface area contributed by atoms with Gasteiger partial charge in [0.05, 0.1) is 6.10 Å². The molecule has 1 atom stereocenters. The number of nitrogens with two attached hydrogens (primary N) is 1. The monoisotopic (exact) mass is 243 g/mol.